The smallest absolute Gasteiger partial charge is 0.309 e. The number of nitrogens with one attached hydrogen (secondary N) is 1. The molecule has 0 aliphatic rings. The molecule has 2 rings (SSSR count). The van der Waals surface area contributed by atoms with Crippen molar-refractivity contribution < 1.29 is 0 Å². The molecule has 1 aromatic carbocycles. The van der Waals surface area contributed by atoms with Gasteiger partial charge in [0.05, 0.1) is 10.5 Å². The van der Waals surface area contributed by atoms with Gasteiger partial charge < -0.3 is 4.98 Å². The first-order valence-corrected chi connectivity index (χ1v) is 5.10. The first kappa shape index (κ1) is 9.68. The number of nitrogens with zero attached hydrogens (tertiary/aromatic N) is 1. The van der Waals surface area contributed by atoms with Gasteiger partial charge in [-0.2, -0.15) is 4.98 Å². The van der Waals surface area contributed by atoms with Crippen molar-refractivity contribution in [1.29, 1.82) is 0 Å². The zero-order valence-electron chi connectivity index (χ0n) is 7.27. The van der Waals surface area contributed by atoms with Gasteiger partial charge in [0.15, 0.2) is 0 Å². The SMILES string of the molecule is Cc1[nH]c(=O)nc2cc(Cl)c(Br)cc12. The molecule has 0 spiro atoms. The number of H-pyrrole nitrogens is 1. The zero-order valence-corrected chi connectivity index (χ0v) is 9.61. The van der Waals surface area contributed by atoms with Crippen molar-refractivity contribution in [2.45, 2.75) is 6.92 Å². The van der Waals surface area contributed by atoms with Crippen LogP contribution in [-0.4, -0.2) is 9.97 Å². The van der Waals surface area contributed by atoms with Gasteiger partial charge in [0.1, 0.15) is 0 Å². The normalized spacial score (nSPS) is 10.8. The highest BCUT2D eigenvalue weighted by Crippen LogP contribution is 2.27. The van der Waals surface area contributed by atoms with Crippen LogP contribution in [0.15, 0.2) is 21.4 Å². The molecule has 1 aromatic heterocycles. The summed E-state index contributed by atoms with van der Waals surface area (Å²) in [5.41, 5.74) is 1.05. The number of aromatic amines is 1. The van der Waals surface area contributed by atoms with E-state index in [2.05, 4.69) is 25.9 Å². The van der Waals surface area contributed by atoms with Gasteiger partial charge in [0.25, 0.3) is 0 Å². The third kappa shape index (κ3) is 1.55. The quantitative estimate of drug-likeness (QED) is 0.802. The van der Waals surface area contributed by atoms with Gasteiger partial charge >= 0.3 is 5.69 Å². The van der Waals surface area contributed by atoms with E-state index in [1.807, 2.05) is 13.0 Å². The molecule has 2 aromatic rings. The molecule has 0 fully saturated rings. The lowest BCUT2D eigenvalue weighted by Gasteiger charge is -2.02. The molecule has 0 radical (unpaired) electrons. The Balaban J connectivity index is 2.96. The van der Waals surface area contributed by atoms with E-state index in [1.54, 1.807) is 6.07 Å². The van der Waals surface area contributed by atoms with Crippen molar-refractivity contribution in [2.24, 2.45) is 0 Å². The Labute approximate surface area is 93.2 Å². The van der Waals surface area contributed by atoms with Crippen molar-refractivity contribution in [2.75, 3.05) is 0 Å². The largest absolute Gasteiger partial charge is 0.345 e. The summed E-state index contributed by atoms with van der Waals surface area (Å²) in [6, 6.07) is 3.51. The molecule has 72 valence electrons. The molecule has 0 saturated carbocycles. The van der Waals surface area contributed by atoms with Crippen molar-refractivity contribution >= 4 is 38.4 Å². The third-order valence-corrected chi connectivity index (χ3v) is 3.16. The second-order valence-electron chi connectivity index (χ2n) is 2.95. The number of halogens is 2. The molecule has 1 N–H and O–H groups in total. The van der Waals surface area contributed by atoms with E-state index >= 15 is 0 Å². The van der Waals surface area contributed by atoms with Crippen molar-refractivity contribution in [1.82, 2.24) is 9.97 Å². The van der Waals surface area contributed by atoms with Crippen LogP contribution in [0, 0.1) is 6.92 Å². The summed E-state index contributed by atoms with van der Waals surface area (Å²) in [4.78, 5) is 17.5. The fourth-order valence-electron chi connectivity index (χ4n) is 1.29. The highest BCUT2D eigenvalue weighted by atomic mass is 79.9. The topological polar surface area (TPSA) is 45.8 Å². The van der Waals surface area contributed by atoms with Crippen LogP contribution in [0.5, 0.6) is 0 Å². The van der Waals surface area contributed by atoms with Gasteiger partial charge in [-0.1, -0.05) is 11.6 Å². The Morgan fingerprint density at radius 1 is 1.50 bits per heavy atom. The third-order valence-electron chi connectivity index (χ3n) is 1.96. The Morgan fingerprint density at radius 3 is 2.93 bits per heavy atom. The molecular formula is C9H6BrClN2O. The Morgan fingerprint density at radius 2 is 2.21 bits per heavy atom. The number of hydrogen-bond acceptors (Lipinski definition) is 2. The summed E-state index contributed by atoms with van der Waals surface area (Å²) < 4.78 is 0.795. The highest BCUT2D eigenvalue weighted by Gasteiger charge is 2.04. The van der Waals surface area contributed by atoms with Gasteiger partial charge in [-0.3, -0.25) is 0 Å². The summed E-state index contributed by atoms with van der Waals surface area (Å²) >= 11 is 9.21. The zero-order chi connectivity index (χ0) is 10.3. The van der Waals surface area contributed by atoms with E-state index in [0.29, 0.717) is 10.5 Å². The Kier molecular flexibility index (Phi) is 2.33. The number of rotatable bonds is 0. The number of fused-ring (bicyclic) bond motifs is 1. The molecule has 0 amide bonds. The van der Waals surface area contributed by atoms with Crippen LogP contribution in [0.4, 0.5) is 0 Å². The van der Waals surface area contributed by atoms with Crippen LogP contribution in [0.25, 0.3) is 10.9 Å². The fourth-order valence-corrected chi connectivity index (χ4v) is 1.80. The second kappa shape index (κ2) is 3.37. The highest BCUT2D eigenvalue weighted by molar-refractivity contribution is 9.10. The van der Waals surface area contributed by atoms with Gasteiger partial charge in [-0.15, -0.1) is 0 Å². The summed E-state index contributed by atoms with van der Waals surface area (Å²) in [5, 5.41) is 1.44. The minimum atomic E-state index is -0.353. The first-order valence-electron chi connectivity index (χ1n) is 3.93. The van der Waals surface area contributed by atoms with Gasteiger partial charge in [0.2, 0.25) is 0 Å². The second-order valence-corrected chi connectivity index (χ2v) is 4.21. The summed E-state index contributed by atoms with van der Waals surface area (Å²) in [6.07, 6.45) is 0. The molecule has 0 atom stereocenters. The molecule has 3 nitrogen and oxygen atoms in total. The molecule has 0 aliphatic heterocycles. The van der Waals surface area contributed by atoms with Crippen LogP contribution in [-0.2, 0) is 0 Å². The maximum Gasteiger partial charge on any atom is 0.345 e. The number of benzene rings is 1. The molecular weight excluding hydrogens is 267 g/mol. The molecule has 14 heavy (non-hydrogen) atoms. The van der Waals surface area contributed by atoms with E-state index in [0.717, 1.165) is 15.6 Å². The van der Waals surface area contributed by atoms with Crippen molar-refractivity contribution in [3.05, 3.63) is 37.8 Å². The molecule has 0 saturated heterocycles. The first-order chi connectivity index (χ1) is 6.58. The minimum absolute atomic E-state index is 0.353. The summed E-state index contributed by atoms with van der Waals surface area (Å²) in [5.74, 6) is 0. The number of aryl methyl sites for hydroxylation is 1. The molecule has 5 heteroatoms. The number of aromatic nitrogens is 2. The summed E-state index contributed by atoms with van der Waals surface area (Å²) in [6.45, 7) is 1.83. The maximum absolute atomic E-state index is 11.1. The lowest BCUT2D eigenvalue weighted by molar-refractivity contribution is 1.07. The predicted molar refractivity (Wildman–Crippen MR) is 59.8 cm³/mol. The van der Waals surface area contributed by atoms with Gasteiger partial charge in [-0.05, 0) is 35.0 Å². The maximum atomic E-state index is 11.1. The summed E-state index contributed by atoms with van der Waals surface area (Å²) in [7, 11) is 0. The van der Waals surface area contributed by atoms with Crippen LogP contribution in [0.2, 0.25) is 5.02 Å². The van der Waals surface area contributed by atoms with Crippen LogP contribution < -0.4 is 5.69 Å². The van der Waals surface area contributed by atoms with E-state index in [9.17, 15) is 4.79 Å². The standard InChI is InChI=1S/C9H6BrClN2O/c1-4-5-2-6(10)7(11)3-8(5)13-9(14)12-4/h2-3H,1H3,(H,12,13,14). The fraction of sp³-hybridized carbons (Fsp3) is 0.111. The molecule has 0 aliphatic carbocycles. The Hall–Kier alpha value is -0.870. The molecule has 0 unspecified atom stereocenters. The van der Waals surface area contributed by atoms with E-state index < -0.39 is 0 Å². The average molecular weight is 274 g/mol. The van der Waals surface area contributed by atoms with Crippen molar-refractivity contribution in [3.63, 3.8) is 0 Å². The van der Waals surface area contributed by atoms with Gasteiger partial charge in [0, 0.05) is 15.6 Å². The van der Waals surface area contributed by atoms with Crippen LogP contribution in [0.3, 0.4) is 0 Å². The van der Waals surface area contributed by atoms with Crippen LogP contribution in [0.1, 0.15) is 5.69 Å². The van der Waals surface area contributed by atoms with Crippen molar-refractivity contribution in [3.8, 4) is 0 Å². The molecule has 0 bridgehead atoms. The lowest BCUT2D eigenvalue weighted by atomic mass is 10.2. The average Bonchev–Trinajstić information content (AvgIpc) is 2.08. The van der Waals surface area contributed by atoms with Crippen LogP contribution >= 0.6 is 27.5 Å². The van der Waals surface area contributed by atoms with E-state index in [1.165, 1.54) is 0 Å². The lowest BCUT2D eigenvalue weighted by Crippen LogP contribution is -2.11. The van der Waals surface area contributed by atoms with E-state index in [4.69, 9.17) is 11.6 Å². The minimum Gasteiger partial charge on any atom is -0.309 e. The monoisotopic (exact) mass is 272 g/mol. The predicted octanol–water partition coefficient (Wildman–Crippen LogP) is 2.65. The van der Waals surface area contributed by atoms with E-state index in [-0.39, 0.29) is 5.69 Å². The van der Waals surface area contributed by atoms with Gasteiger partial charge in [-0.25, -0.2) is 4.79 Å². The Bertz CT molecular complexity index is 564. The number of hydrogen-bond donors (Lipinski definition) is 1. The molecule has 1 heterocycles.